The van der Waals surface area contributed by atoms with Crippen LogP contribution in [-0.4, -0.2) is 34.1 Å². The van der Waals surface area contributed by atoms with Gasteiger partial charge in [0.05, 0.1) is 9.49 Å². The van der Waals surface area contributed by atoms with Crippen LogP contribution in [0.4, 0.5) is 5.82 Å². The lowest BCUT2D eigenvalue weighted by Crippen LogP contribution is -2.39. The van der Waals surface area contributed by atoms with Gasteiger partial charge in [0.25, 0.3) is 0 Å². The van der Waals surface area contributed by atoms with Gasteiger partial charge in [-0.2, -0.15) is 4.98 Å². The molecule has 1 fully saturated rings. The van der Waals surface area contributed by atoms with Gasteiger partial charge in [0, 0.05) is 19.3 Å². The first-order valence-electron chi connectivity index (χ1n) is 5.23. The number of carboxylic acids is 1. The molecule has 0 bridgehead atoms. The van der Waals surface area contributed by atoms with Gasteiger partial charge in [-0.05, 0) is 47.0 Å². The van der Waals surface area contributed by atoms with Crippen LogP contribution in [0.15, 0.2) is 6.20 Å². The molecule has 1 N–H and O–H groups in total. The molecular weight excluding hydrogens is 356 g/mol. The van der Waals surface area contributed by atoms with Gasteiger partial charge in [-0.25, -0.2) is 4.98 Å². The van der Waals surface area contributed by atoms with Crippen molar-refractivity contribution in [3.05, 3.63) is 15.1 Å². The summed E-state index contributed by atoms with van der Waals surface area (Å²) in [5.41, 5.74) is 0. The standard InChI is InChI=1S/C10H11ClIN3O2/c11-10-13-4-7(12)8(14-10)15-3-1-2-6(5-15)9(16)17/h4,6H,1-3,5H2,(H,16,17). The lowest BCUT2D eigenvalue weighted by molar-refractivity contribution is -0.141. The molecule has 17 heavy (non-hydrogen) atoms. The van der Waals surface area contributed by atoms with Crippen molar-refractivity contribution >= 4 is 46.0 Å². The van der Waals surface area contributed by atoms with E-state index in [-0.39, 0.29) is 11.2 Å². The lowest BCUT2D eigenvalue weighted by Gasteiger charge is -2.32. The molecule has 0 spiro atoms. The Morgan fingerprint density at radius 1 is 1.65 bits per heavy atom. The highest BCUT2D eigenvalue weighted by Gasteiger charge is 2.27. The molecule has 0 amide bonds. The highest BCUT2D eigenvalue weighted by atomic mass is 127. The molecule has 1 aromatic heterocycles. The number of rotatable bonds is 2. The average molecular weight is 368 g/mol. The van der Waals surface area contributed by atoms with Crippen molar-refractivity contribution in [1.29, 1.82) is 0 Å². The normalized spacial score (nSPS) is 20.4. The smallest absolute Gasteiger partial charge is 0.308 e. The highest BCUT2D eigenvalue weighted by Crippen LogP contribution is 2.26. The molecule has 1 saturated heterocycles. The van der Waals surface area contributed by atoms with E-state index in [1.807, 2.05) is 4.90 Å². The number of hydrogen-bond acceptors (Lipinski definition) is 4. The van der Waals surface area contributed by atoms with Crippen LogP contribution in [0, 0.1) is 9.49 Å². The number of anilines is 1. The predicted octanol–water partition coefficient (Wildman–Crippen LogP) is 2.04. The number of halogens is 2. The van der Waals surface area contributed by atoms with Crippen molar-refractivity contribution in [2.45, 2.75) is 12.8 Å². The van der Waals surface area contributed by atoms with Gasteiger partial charge >= 0.3 is 5.97 Å². The van der Waals surface area contributed by atoms with Gasteiger partial charge in [0.15, 0.2) is 0 Å². The molecule has 1 unspecified atom stereocenters. The molecule has 5 nitrogen and oxygen atoms in total. The molecular formula is C10H11ClIN3O2. The largest absolute Gasteiger partial charge is 0.481 e. The maximum Gasteiger partial charge on any atom is 0.308 e. The van der Waals surface area contributed by atoms with Crippen molar-refractivity contribution in [3.63, 3.8) is 0 Å². The molecule has 92 valence electrons. The molecule has 0 aliphatic carbocycles. The van der Waals surface area contributed by atoms with E-state index < -0.39 is 5.97 Å². The van der Waals surface area contributed by atoms with E-state index in [2.05, 4.69) is 32.6 Å². The van der Waals surface area contributed by atoms with E-state index >= 15 is 0 Å². The Labute approximate surface area is 117 Å². The van der Waals surface area contributed by atoms with E-state index in [1.165, 1.54) is 0 Å². The van der Waals surface area contributed by atoms with Crippen LogP contribution in [-0.2, 0) is 4.79 Å². The number of carbonyl (C=O) groups is 1. The number of piperidine rings is 1. The molecule has 1 atom stereocenters. The fraction of sp³-hybridized carbons (Fsp3) is 0.500. The molecule has 0 saturated carbocycles. The Hall–Kier alpha value is -0.630. The lowest BCUT2D eigenvalue weighted by atomic mass is 9.98. The Bertz CT molecular complexity index is 444. The zero-order valence-electron chi connectivity index (χ0n) is 8.94. The maximum atomic E-state index is 11.0. The van der Waals surface area contributed by atoms with E-state index in [0.29, 0.717) is 6.54 Å². The first-order valence-corrected chi connectivity index (χ1v) is 6.69. The fourth-order valence-corrected chi connectivity index (χ4v) is 2.66. The number of hydrogen-bond donors (Lipinski definition) is 1. The second-order valence-corrected chi connectivity index (χ2v) is 5.43. The quantitative estimate of drug-likeness (QED) is 0.640. The van der Waals surface area contributed by atoms with Crippen LogP contribution in [0.25, 0.3) is 0 Å². The molecule has 1 aliphatic heterocycles. The van der Waals surface area contributed by atoms with Gasteiger partial charge < -0.3 is 10.0 Å². The molecule has 2 heterocycles. The highest BCUT2D eigenvalue weighted by molar-refractivity contribution is 14.1. The van der Waals surface area contributed by atoms with Crippen molar-refractivity contribution in [2.24, 2.45) is 5.92 Å². The third kappa shape index (κ3) is 2.98. The number of aromatic nitrogens is 2. The molecule has 0 radical (unpaired) electrons. The first-order chi connectivity index (χ1) is 8.08. The predicted molar refractivity (Wildman–Crippen MR) is 72.3 cm³/mol. The molecule has 2 rings (SSSR count). The summed E-state index contributed by atoms with van der Waals surface area (Å²) in [6, 6.07) is 0. The Morgan fingerprint density at radius 2 is 2.41 bits per heavy atom. The molecule has 0 aromatic carbocycles. The van der Waals surface area contributed by atoms with E-state index in [4.69, 9.17) is 16.7 Å². The van der Waals surface area contributed by atoms with Crippen molar-refractivity contribution in [1.82, 2.24) is 9.97 Å². The van der Waals surface area contributed by atoms with Crippen LogP contribution in [0.3, 0.4) is 0 Å². The molecule has 1 aliphatic rings. The fourth-order valence-electron chi connectivity index (χ4n) is 1.93. The summed E-state index contributed by atoms with van der Waals surface area (Å²) in [5.74, 6) is -0.338. The second kappa shape index (κ2) is 5.34. The summed E-state index contributed by atoms with van der Waals surface area (Å²) in [6.45, 7) is 1.30. The summed E-state index contributed by atoms with van der Waals surface area (Å²) in [4.78, 5) is 21.0. The van der Waals surface area contributed by atoms with Gasteiger partial charge in [-0.3, -0.25) is 4.79 Å². The van der Waals surface area contributed by atoms with Gasteiger partial charge in [-0.15, -0.1) is 0 Å². The van der Waals surface area contributed by atoms with Crippen LogP contribution < -0.4 is 4.90 Å². The minimum atomic E-state index is -0.745. The minimum absolute atomic E-state index is 0.192. The van der Waals surface area contributed by atoms with Crippen LogP contribution in [0.1, 0.15) is 12.8 Å². The van der Waals surface area contributed by atoms with E-state index in [1.54, 1.807) is 6.20 Å². The zero-order chi connectivity index (χ0) is 12.4. The van der Waals surface area contributed by atoms with Crippen molar-refractivity contribution < 1.29 is 9.90 Å². The number of carboxylic acid groups (broad SMARTS) is 1. The summed E-state index contributed by atoms with van der Waals surface area (Å²) in [7, 11) is 0. The Morgan fingerprint density at radius 3 is 3.12 bits per heavy atom. The Balaban J connectivity index is 2.21. The third-order valence-electron chi connectivity index (χ3n) is 2.77. The number of nitrogens with zero attached hydrogens (tertiary/aromatic N) is 3. The minimum Gasteiger partial charge on any atom is -0.481 e. The average Bonchev–Trinajstić information content (AvgIpc) is 2.32. The topological polar surface area (TPSA) is 66.3 Å². The summed E-state index contributed by atoms with van der Waals surface area (Å²) in [6.07, 6.45) is 3.23. The first kappa shape index (κ1) is 12.8. The maximum absolute atomic E-state index is 11.0. The second-order valence-electron chi connectivity index (χ2n) is 3.93. The van der Waals surface area contributed by atoms with Gasteiger partial charge in [-0.1, -0.05) is 0 Å². The van der Waals surface area contributed by atoms with Gasteiger partial charge in [0.1, 0.15) is 5.82 Å². The van der Waals surface area contributed by atoms with E-state index in [9.17, 15) is 4.79 Å². The zero-order valence-corrected chi connectivity index (χ0v) is 11.8. The molecule has 1 aromatic rings. The van der Waals surface area contributed by atoms with Gasteiger partial charge in [0.2, 0.25) is 5.28 Å². The summed E-state index contributed by atoms with van der Waals surface area (Å²) < 4.78 is 0.887. The number of aliphatic carboxylic acids is 1. The SMILES string of the molecule is O=C(O)C1CCCN(c2nc(Cl)ncc2I)C1. The van der Waals surface area contributed by atoms with E-state index in [0.717, 1.165) is 28.8 Å². The summed E-state index contributed by atoms with van der Waals surface area (Å²) in [5, 5.41) is 9.23. The van der Waals surface area contributed by atoms with Crippen LogP contribution in [0.2, 0.25) is 5.28 Å². The van der Waals surface area contributed by atoms with Crippen molar-refractivity contribution in [3.8, 4) is 0 Å². The van der Waals surface area contributed by atoms with Crippen LogP contribution >= 0.6 is 34.2 Å². The third-order valence-corrected chi connectivity index (χ3v) is 3.71. The van der Waals surface area contributed by atoms with Crippen molar-refractivity contribution in [2.75, 3.05) is 18.0 Å². The monoisotopic (exact) mass is 367 g/mol. The molecule has 7 heteroatoms. The van der Waals surface area contributed by atoms with Crippen LogP contribution in [0.5, 0.6) is 0 Å². The Kier molecular flexibility index (Phi) is 4.03. The summed E-state index contributed by atoms with van der Waals surface area (Å²) >= 11 is 7.90.